The zero-order valence-corrected chi connectivity index (χ0v) is 12.5. The maximum absolute atomic E-state index is 12.8. The van der Waals surface area contributed by atoms with Gasteiger partial charge in [0.1, 0.15) is 0 Å². The van der Waals surface area contributed by atoms with Gasteiger partial charge in [0.15, 0.2) is 5.65 Å². The number of hydrogen-bond donors (Lipinski definition) is 1. The molecule has 0 saturated carbocycles. The van der Waals surface area contributed by atoms with Crippen LogP contribution in [-0.4, -0.2) is 38.7 Å². The normalized spacial score (nSPS) is 16.2. The first-order chi connectivity index (χ1) is 10.1. The highest BCUT2D eigenvalue weighted by molar-refractivity contribution is 6.05. The number of rotatable bonds is 1. The summed E-state index contributed by atoms with van der Waals surface area (Å²) in [6.45, 7) is 3.38. The third kappa shape index (κ3) is 2.46. The van der Waals surface area contributed by atoms with E-state index in [0.717, 1.165) is 31.6 Å². The number of amides is 1. The number of nitrogens with one attached hydrogen (secondary N) is 1. The highest BCUT2D eigenvalue weighted by Gasteiger charge is 2.23. The van der Waals surface area contributed by atoms with Crippen LogP contribution < -0.4 is 5.56 Å². The summed E-state index contributed by atoms with van der Waals surface area (Å²) in [5.74, 6) is -0.0518. The van der Waals surface area contributed by atoms with E-state index in [1.54, 1.807) is 17.8 Å². The number of aromatic amines is 1. The Balaban J connectivity index is 2.10. The van der Waals surface area contributed by atoms with Crippen LogP contribution in [0.1, 0.15) is 41.7 Å². The molecule has 3 heterocycles. The number of aromatic nitrogens is 3. The molecule has 0 spiro atoms. The van der Waals surface area contributed by atoms with E-state index in [1.165, 1.54) is 12.8 Å². The summed E-state index contributed by atoms with van der Waals surface area (Å²) >= 11 is 0. The number of nitrogens with zero attached hydrogens (tertiary/aromatic N) is 3. The molecule has 21 heavy (non-hydrogen) atoms. The summed E-state index contributed by atoms with van der Waals surface area (Å²) < 4.78 is 1.57. The van der Waals surface area contributed by atoms with Gasteiger partial charge in [-0.05, 0) is 25.8 Å². The summed E-state index contributed by atoms with van der Waals surface area (Å²) in [5, 5.41) is 3.08. The van der Waals surface area contributed by atoms with Gasteiger partial charge in [0.2, 0.25) is 0 Å². The summed E-state index contributed by atoms with van der Waals surface area (Å²) in [7, 11) is 1.73. The Morgan fingerprint density at radius 1 is 1.24 bits per heavy atom. The quantitative estimate of drug-likeness (QED) is 0.866. The van der Waals surface area contributed by atoms with Crippen LogP contribution in [-0.2, 0) is 7.05 Å². The largest absolute Gasteiger partial charge is 0.339 e. The molecule has 2 aromatic heterocycles. The van der Waals surface area contributed by atoms with Crippen LogP contribution in [0.4, 0.5) is 0 Å². The molecule has 0 aromatic carbocycles. The average Bonchev–Trinajstić information content (AvgIpc) is 2.67. The molecule has 1 N–H and O–H groups in total. The Labute approximate surface area is 122 Å². The van der Waals surface area contributed by atoms with E-state index >= 15 is 0 Å². The molecule has 0 aliphatic carbocycles. The van der Waals surface area contributed by atoms with Crippen LogP contribution in [0.15, 0.2) is 10.9 Å². The average molecular weight is 288 g/mol. The van der Waals surface area contributed by atoms with Crippen molar-refractivity contribution in [1.82, 2.24) is 19.7 Å². The van der Waals surface area contributed by atoms with E-state index in [-0.39, 0.29) is 11.5 Å². The number of fused-ring (bicyclic) bond motifs is 1. The Bertz CT molecular complexity index is 736. The molecule has 6 heteroatoms. The lowest BCUT2D eigenvalue weighted by molar-refractivity contribution is 0.0763. The van der Waals surface area contributed by atoms with E-state index in [4.69, 9.17) is 0 Å². The zero-order chi connectivity index (χ0) is 15.0. The molecule has 0 atom stereocenters. The van der Waals surface area contributed by atoms with Gasteiger partial charge in [-0.25, -0.2) is 4.98 Å². The highest BCUT2D eigenvalue weighted by Crippen LogP contribution is 2.19. The van der Waals surface area contributed by atoms with Gasteiger partial charge in [-0.3, -0.25) is 19.4 Å². The molecule has 1 fully saturated rings. The van der Waals surface area contributed by atoms with Crippen molar-refractivity contribution in [3.63, 3.8) is 0 Å². The Hall–Kier alpha value is -2.11. The third-order valence-electron chi connectivity index (χ3n) is 4.07. The van der Waals surface area contributed by atoms with Crippen molar-refractivity contribution in [1.29, 1.82) is 0 Å². The molecular weight excluding hydrogens is 268 g/mol. The fraction of sp³-hybridized carbons (Fsp3) is 0.533. The van der Waals surface area contributed by atoms with Gasteiger partial charge in [0.05, 0.1) is 10.9 Å². The van der Waals surface area contributed by atoms with Crippen LogP contribution in [0, 0.1) is 6.92 Å². The number of carbonyl (C=O) groups excluding carboxylic acids is 1. The lowest BCUT2D eigenvalue weighted by atomic mass is 10.1. The SMILES string of the molecule is Cc1cc(C(=O)N2CCCCCC2)c2c(=O)[nH]n(C)c2n1. The number of aryl methyl sites for hydroxylation is 2. The first kappa shape index (κ1) is 13.9. The minimum absolute atomic E-state index is 0.0518. The number of H-pyrrole nitrogens is 1. The van der Waals surface area contributed by atoms with E-state index in [2.05, 4.69) is 10.1 Å². The van der Waals surface area contributed by atoms with Crippen molar-refractivity contribution in [2.45, 2.75) is 32.6 Å². The topological polar surface area (TPSA) is 71.0 Å². The monoisotopic (exact) mass is 288 g/mol. The second-order valence-corrected chi connectivity index (χ2v) is 5.72. The molecule has 1 aliphatic heterocycles. The van der Waals surface area contributed by atoms with Crippen LogP contribution >= 0.6 is 0 Å². The first-order valence-electron chi connectivity index (χ1n) is 7.43. The lowest BCUT2D eigenvalue weighted by Crippen LogP contribution is -2.32. The van der Waals surface area contributed by atoms with E-state index in [1.807, 2.05) is 11.8 Å². The third-order valence-corrected chi connectivity index (χ3v) is 4.07. The summed E-state index contributed by atoms with van der Waals surface area (Å²) in [6.07, 6.45) is 4.40. The van der Waals surface area contributed by atoms with Crippen LogP contribution in [0.2, 0.25) is 0 Å². The second kappa shape index (κ2) is 5.35. The van der Waals surface area contributed by atoms with E-state index in [0.29, 0.717) is 16.6 Å². The molecular formula is C15H20N4O2. The van der Waals surface area contributed by atoms with Gasteiger partial charge >= 0.3 is 0 Å². The Morgan fingerprint density at radius 3 is 2.57 bits per heavy atom. The van der Waals surface area contributed by atoms with Crippen molar-refractivity contribution in [3.8, 4) is 0 Å². The lowest BCUT2D eigenvalue weighted by Gasteiger charge is -2.20. The van der Waals surface area contributed by atoms with Crippen LogP contribution in [0.3, 0.4) is 0 Å². The summed E-state index contributed by atoms with van der Waals surface area (Å²) in [5.41, 5.74) is 1.51. The van der Waals surface area contributed by atoms with Gasteiger partial charge in [-0.2, -0.15) is 0 Å². The minimum Gasteiger partial charge on any atom is -0.339 e. The van der Waals surface area contributed by atoms with Crippen molar-refractivity contribution >= 4 is 16.9 Å². The molecule has 6 nitrogen and oxygen atoms in total. The van der Waals surface area contributed by atoms with Gasteiger partial charge in [0, 0.05) is 25.8 Å². The number of hydrogen-bond acceptors (Lipinski definition) is 3. The number of likely N-dealkylation sites (tertiary alicyclic amines) is 1. The molecule has 2 aromatic rings. The molecule has 3 rings (SSSR count). The van der Waals surface area contributed by atoms with Crippen molar-refractivity contribution < 1.29 is 4.79 Å². The predicted octanol–water partition coefficient (Wildman–Crippen LogP) is 1.59. The molecule has 1 aliphatic rings. The zero-order valence-electron chi connectivity index (χ0n) is 12.5. The van der Waals surface area contributed by atoms with Crippen LogP contribution in [0.5, 0.6) is 0 Å². The second-order valence-electron chi connectivity index (χ2n) is 5.72. The van der Waals surface area contributed by atoms with E-state index < -0.39 is 0 Å². The molecule has 0 unspecified atom stereocenters. The highest BCUT2D eigenvalue weighted by atomic mass is 16.2. The molecule has 0 radical (unpaired) electrons. The molecule has 112 valence electrons. The first-order valence-corrected chi connectivity index (χ1v) is 7.43. The standard InChI is InChI=1S/C15H20N4O2/c1-10-9-11(12-13(16-10)18(2)17-14(12)20)15(21)19-7-5-3-4-6-8-19/h9H,3-8H2,1-2H3,(H,17,20). The van der Waals surface area contributed by atoms with Gasteiger partial charge in [-0.1, -0.05) is 12.8 Å². The summed E-state index contributed by atoms with van der Waals surface area (Å²) in [6, 6.07) is 1.73. The Morgan fingerprint density at radius 2 is 1.90 bits per heavy atom. The fourth-order valence-electron chi connectivity index (χ4n) is 3.00. The fourth-order valence-corrected chi connectivity index (χ4v) is 3.00. The van der Waals surface area contributed by atoms with Crippen LogP contribution in [0.25, 0.3) is 11.0 Å². The number of pyridine rings is 1. The maximum atomic E-state index is 12.8. The van der Waals surface area contributed by atoms with Gasteiger partial charge in [-0.15, -0.1) is 0 Å². The molecule has 1 amide bonds. The molecule has 1 saturated heterocycles. The smallest absolute Gasteiger partial charge is 0.274 e. The number of carbonyl (C=O) groups is 1. The Kier molecular flexibility index (Phi) is 3.53. The van der Waals surface area contributed by atoms with Crippen molar-refractivity contribution in [2.75, 3.05) is 13.1 Å². The predicted molar refractivity (Wildman–Crippen MR) is 80.4 cm³/mol. The van der Waals surface area contributed by atoms with Crippen molar-refractivity contribution in [3.05, 3.63) is 27.7 Å². The maximum Gasteiger partial charge on any atom is 0.274 e. The summed E-state index contributed by atoms with van der Waals surface area (Å²) in [4.78, 5) is 31.1. The van der Waals surface area contributed by atoms with Gasteiger partial charge < -0.3 is 4.90 Å². The van der Waals surface area contributed by atoms with E-state index in [9.17, 15) is 9.59 Å². The molecule has 0 bridgehead atoms. The van der Waals surface area contributed by atoms with Gasteiger partial charge in [0.25, 0.3) is 11.5 Å². The van der Waals surface area contributed by atoms with Crippen molar-refractivity contribution in [2.24, 2.45) is 7.05 Å². The minimum atomic E-state index is -0.252.